The van der Waals surface area contributed by atoms with Crippen LogP contribution in [0.4, 0.5) is 0 Å². The van der Waals surface area contributed by atoms with Crippen molar-refractivity contribution in [2.45, 2.75) is 46.6 Å². The molecule has 0 bridgehead atoms. The maximum absolute atomic E-state index is 12.0. The minimum atomic E-state index is -1.48. The number of carbonyl (C=O) groups is 6. The number of aromatic nitrogens is 2. The van der Waals surface area contributed by atoms with Crippen molar-refractivity contribution in [2.24, 2.45) is 5.92 Å². The maximum Gasteiger partial charge on any atom is 1.00 e. The summed E-state index contributed by atoms with van der Waals surface area (Å²) >= 11 is 11.6. The van der Waals surface area contributed by atoms with Crippen LogP contribution in [0.25, 0.3) is 0 Å². The van der Waals surface area contributed by atoms with Gasteiger partial charge in [-0.1, -0.05) is 44.0 Å². The van der Waals surface area contributed by atoms with Crippen LogP contribution in [-0.2, 0) is 33.4 Å². The van der Waals surface area contributed by atoms with Gasteiger partial charge in [0.1, 0.15) is 12.1 Å². The minimum absolute atomic E-state index is 0. The van der Waals surface area contributed by atoms with Crippen LogP contribution in [0, 0.1) is 5.92 Å². The maximum atomic E-state index is 12.0. The van der Waals surface area contributed by atoms with Gasteiger partial charge >= 0.3 is 69.3 Å². The van der Waals surface area contributed by atoms with E-state index in [0.717, 1.165) is 4.68 Å². The van der Waals surface area contributed by atoms with Gasteiger partial charge in [0, 0.05) is 12.4 Å². The van der Waals surface area contributed by atoms with Crippen molar-refractivity contribution in [3.63, 3.8) is 0 Å². The van der Waals surface area contributed by atoms with Crippen LogP contribution < -0.4 is 67.3 Å². The van der Waals surface area contributed by atoms with Crippen LogP contribution >= 0.6 is 23.2 Å². The Bertz CT molecular complexity index is 1280. The first kappa shape index (κ1) is 39.8. The molecule has 3 rings (SSSR count). The molecule has 2 amide bonds. The summed E-state index contributed by atoms with van der Waals surface area (Å²) in [6, 6.07) is 2.88. The van der Waals surface area contributed by atoms with E-state index in [1.807, 2.05) is 0 Å². The number of methoxy groups -OCH3 is 1. The summed E-state index contributed by atoms with van der Waals surface area (Å²) in [5.41, 5.74) is 4.01. The van der Waals surface area contributed by atoms with Gasteiger partial charge in [0.15, 0.2) is 5.69 Å². The number of ether oxygens (including phenoxy) is 3. The van der Waals surface area contributed by atoms with E-state index in [0.29, 0.717) is 0 Å². The molecule has 14 nitrogen and oxygen atoms in total. The normalized spacial score (nSPS) is 13.4. The van der Waals surface area contributed by atoms with Gasteiger partial charge in [-0.05, 0) is 26.0 Å². The predicted molar refractivity (Wildman–Crippen MR) is 144 cm³/mol. The Kier molecular flexibility index (Phi) is 17.4. The molecular weight excluding hydrogens is 626 g/mol. The molecule has 2 aromatic rings. The minimum Gasteiger partial charge on any atom is -0.850 e. The molecule has 1 aliphatic heterocycles. The fourth-order valence-electron chi connectivity index (χ4n) is 2.93. The quantitative estimate of drug-likeness (QED) is 0.157. The number of amides is 2. The first-order valence-corrected chi connectivity index (χ1v) is 12.8. The van der Waals surface area contributed by atoms with Gasteiger partial charge in [-0.2, -0.15) is 0 Å². The number of fused-ring (bicyclic) bond motifs is 1. The van der Waals surface area contributed by atoms with Gasteiger partial charge in [0.2, 0.25) is 17.6 Å². The summed E-state index contributed by atoms with van der Waals surface area (Å²) in [5, 5.41) is 10.4. The number of nitrogens with zero attached hydrogens (tertiary/aromatic N) is 2. The van der Waals surface area contributed by atoms with Gasteiger partial charge in [0.25, 0.3) is 5.91 Å². The second-order valence-electron chi connectivity index (χ2n) is 8.91. The van der Waals surface area contributed by atoms with Crippen LogP contribution in [0.1, 0.15) is 62.0 Å². The zero-order valence-corrected chi connectivity index (χ0v) is 28.9. The van der Waals surface area contributed by atoms with Gasteiger partial charge in [-0.25, -0.2) is 4.79 Å². The largest absolute Gasteiger partial charge is 1.00 e. The molecule has 0 saturated carbocycles. The molecule has 0 aliphatic carbocycles. The standard InChI is InChI=1S/C11H13ClN2O5.C10H9ClN2O4.C4H9O.K/c1-3-19-9(16)6-8(15)13-14-5-4-7(12)10(14)11(17)18-2;1-2-17-10(16)6-8(14)7-5(11)3-4-13(7)12-9(6)15;1-4(2,3)5;/h4-5H,3,6H2,1-2H3,(H,13,15);3-4,6H,2H2,1H3,(H,12,15);1-3H3;/q;;-1;+1. The van der Waals surface area contributed by atoms with Gasteiger partial charge < -0.3 is 19.3 Å². The summed E-state index contributed by atoms with van der Waals surface area (Å²) in [6.45, 7) is 8.42. The number of rotatable bonds is 7. The number of esters is 3. The van der Waals surface area contributed by atoms with Crippen molar-refractivity contribution >= 4 is 58.7 Å². The summed E-state index contributed by atoms with van der Waals surface area (Å²) in [4.78, 5) is 69.2. The van der Waals surface area contributed by atoms with Crippen LogP contribution in [0.15, 0.2) is 24.5 Å². The smallest absolute Gasteiger partial charge is 0.850 e. The molecule has 1 aliphatic rings. The van der Waals surface area contributed by atoms with Crippen molar-refractivity contribution in [1.82, 2.24) is 9.35 Å². The molecule has 226 valence electrons. The Hall–Kier alpha value is -2.24. The first-order chi connectivity index (χ1) is 19.0. The topological polar surface area (TPSA) is 187 Å². The molecule has 1 atom stereocenters. The number of hydrogen-bond acceptors (Lipinski definition) is 10. The predicted octanol–water partition coefficient (Wildman–Crippen LogP) is -1.31. The number of hydrogen-bond donors (Lipinski definition) is 2. The molecular formula is C25H31Cl2KN4O10. The zero-order chi connectivity index (χ0) is 31.5. The third-order valence-corrected chi connectivity index (χ3v) is 5.03. The van der Waals surface area contributed by atoms with E-state index in [2.05, 4.69) is 25.1 Å². The van der Waals surface area contributed by atoms with E-state index in [1.165, 1.54) is 36.3 Å². The summed E-state index contributed by atoms with van der Waals surface area (Å²) in [5.74, 6) is -5.69. The molecule has 2 aromatic heterocycles. The van der Waals surface area contributed by atoms with Crippen LogP contribution in [-0.4, -0.2) is 70.8 Å². The van der Waals surface area contributed by atoms with Crippen LogP contribution in [0.2, 0.25) is 10.0 Å². The number of halogens is 2. The molecule has 0 fully saturated rings. The molecule has 17 heteroatoms. The van der Waals surface area contributed by atoms with E-state index in [9.17, 15) is 33.9 Å². The SMILES string of the molecule is CC(C)(C)[O-].CCOC(=O)C1C(=O)Nn2ccc(Cl)c2C1=O.CCOC(=O)CC(=O)Nn1ccc(Cl)c1C(=O)OC.[K+]. The molecule has 2 N–H and O–H groups in total. The van der Waals surface area contributed by atoms with E-state index >= 15 is 0 Å². The monoisotopic (exact) mass is 656 g/mol. The Balaban J connectivity index is 0.000000678. The number of carbonyl (C=O) groups excluding carboxylic acids is 6. The van der Waals surface area contributed by atoms with Gasteiger partial charge in [-0.15, -0.1) is 5.60 Å². The molecule has 1 unspecified atom stereocenters. The third kappa shape index (κ3) is 12.5. The summed E-state index contributed by atoms with van der Waals surface area (Å²) in [7, 11) is 1.19. The van der Waals surface area contributed by atoms with Crippen LogP contribution in [0.3, 0.4) is 0 Å². The zero-order valence-electron chi connectivity index (χ0n) is 24.2. The van der Waals surface area contributed by atoms with Crippen molar-refractivity contribution < 1.29 is 99.5 Å². The second kappa shape index (κ2) is 18.4. The van der Waals surface area contributed by atoms with Crippen molar-refractivity contribution in [1.29, 1.82) is 0 Å². The summed E-state index contributed by atoms with van der Waals surface area (Å²) < 4.78 is 16.1. The van der Waals surface area contributed by atoms with Crippen molar-refractivity contribution in [3.05, 3.63) is 46.0 Å². The third-order valence-electron chi connectivity index (χ3n) is 4.42. The Labute approximate surface area is 294 Å². The number of ketones is 1. The Morgan fingerprint density at radius 2 is 1.57 bits per heavy atom. The van der Waals surface area contributed by atoms with E-state index < -0.39 is 53.4 Å². The Morgan fingerprint density at radius 1 is 1.02 bits per heavy atom. The van der Waals surface area contributed by atoms with E-state index in [-0.39, 0.29) is 86.0 Å². The molecule has 0 radical (unpaired) electrons. The number of Topliss-reactive ketones (excluding diaryl/α,β-unsaturated/α-hetero) is 1. The van der Waals surface area contributed by atoms with Gasteiger partial charge in [-0.3, -0.25) is 44.2 Å². The first-order valence-electron chi connectivity index (χ1n) is 12.0. The molecule has 0 saturated heterocycles. The average Bonchev–Trinajstić information content (AvgIpc) is 3.40. The van der Waals surface area contributed by atoms with E-state index in [4.69, 9.17) is 23.2 Å². The second-order valence-corrected chi connectivity index (χ2v) is 9.73. The molecule has 0 spiro atoms. The number of nitrogens with one attached hydrogen (secondary N) is 2. The average molecular weight is 658 g/mol. The fraction of sp³-hybridized carbons (Fsp3) is 0.440. The van der Waals surface area contributed by atoms with Crippen molar-refractivity contribution in [2.75, 3.05) is 31.2 Å². The van der Waals surface area contributed by atoms with Crippen molar-refractivity contribution in [3.8, 4) is 0 Å². The van der Waals surface area contributed by atoms with E-state index in [1.54, 1.807) is 34.6 Å². The fourth-order valence-corrected chi connectivity index (χ4v) is 3.39. The van der Waals surface area contributed by atoms with Crippen LogP contribution in [0.5, 0.6) is 0 Å². The molecule has 3 heterocycles. The molecule has 0 aromatic carbocycles. The summed E-state index contributed by atoms with van der Waals surface area (Å²) in [6.07, 6.45) is 2.36. The van der Waals surface area contributed by atoms with Gasteiger partial charge in [0.05, 0.1) is 30.4 Å². The Morgan fingerprint density at radius 3 is 2.10 bits per heavy atom. The molecule has 42 heavy (non-hydrogen) atoms.